The maximum atomic E-state index is 12.7. The number of methoxy groups -OCH3 is 1. The fourth-order valence-electron chi connectivity index (χ4n) is 3.19. The number of carbonyl (C=O) groups excluding carboxylic acids is 1. The van der Waals surface area contributed by atoms with Crippen molar-refractivity contribution >= 4 is 33.3 Å². The molecule has 6 nitrogen and oxygen atoms in total. The molecule has 128 valence electrons. The van der Waals surface area contributed by atoms with Gasteiger partial charge in [0.1, 0.15) is 22.7 Å². The number of ether oxygens (including phenoxy) is 1. The van der Waals surface area contributed by atoms with Crippen LogP contribution in [0, 0.1) is 0 Å². The third-order valence-electron chi connectivity index (χ3n) is 4.53. The van der Waals surface area contributed by atoms with Crippen LogP contribution in [0.15, 0.2) is 30.6 Å². The number of nitrogen functional groups attached to an aromatic ring is 1. The van der Waals surface area contributed by atoms with Crippen LogP contribution in [-0.2, 0) is 24.2 Å². The Balaban J connectivity index is 1.52. The van der Waals surface area contributed by atoms with E-state index in [1.807, 2.05) is 29.2 Å². The molecular weight excluding hydrogens is 336 g/mol. The van der Waals surface area contributed by atoms with Gasteiger partial charge < -0.3 is 15.4 Å². The second kappa shape index (κ2) is 6.33. The number of hydrogen-bond donors (Lipinski definition) is 1. The number of rotatable bonds is 3. The van der Waals surface area contributed by atoms with Gasteiger partial charge in [0.25, 0.3) is 0 Å². The average Bonchev–Trinajstić information content (AvgIpc) is 3.01. The van der Waals surface area contributed by atoms with Gasteiger partial charge in [-0.2, -0.15) is 0 Å². The summed E-state index contributed by atoms with van der Waals surface area (Å²) in [5, 5.41) is 0.963. The van der Waals surface area contributed by atoms with Crippen LogP contribution < -0.4 is 10.5 Å². The summed E-state index contributed by atoms with van der Waals surface area (Å²) in [5.74, 6) is 1.45. The predicted octanol–water partition coefficient (Wildman–Crippen LogP) is 2.41. The van der Waals surface area contributed by atoms with Crippen molar-refractivity contribution in [2.75, 3.05) is 19.4 Å². The number of hydrogen-bond acceptors (Lipinski definition) is 6. The van der Waals surface area contributed by atoms with Crippen molar-refractivity contribution in [3.8, 4) is 5.75 Å². The molecule has 0 spiro atoms. The van der Waals surface area contributed by atoms with Crippen LogP contribution in [0.1, 0.15) is 16.0 Å². The van der Waals surface area contributed by atoms with E-state index < -0.39 is 0 Å². The molecule has 1 amide bonds. The van der Waals surface area contributed by atoms with E-state index in [2.05, 4.69) is 9.97 Å². The largest absolute Gasteiger partial charge is 0.497 e. The number of aromatic nitrogens is 2. The van der Waals surface area contributed by atoms with E-state index in [0.717, 1.165) is 32.8 Å². The fourth-order valence-corrected chi connectivity index (χ4v) is 4.41. The van der Waals surface area contributed by atoms with Crippen LogP contribution in [0.5, 0.6) is 5.75 Å². The molecule has 0 unspecified atom stereocenters. The highest BCUT2D eigenvalue weighted by atomic mass is 32.1. The standard InChI is InChI=1S/C18H18N4O2S/c1-24-12-4-2-11(3-5-12)8-15(23)22-7-6-13-14(9-22)25-18-16(13)17(19)20-10-21-18/h2-5,10H,6-9H2,1H3,(H2,19,20,21). The summed E-state index contributed by atoms with van der Waals surface area (Å²) in [6.07, 6.45) is 2.68. The minimum atomic E-state index is 0.132. The van der Waals surface area contributed by atoms with E-state index in [4.69, 9.17) is 10.5 Å². The van der Waals surface area contributed by atoms with Crippen LogP contribution >= 0.6 is 11.3 Å². The summed E-state index contributed by atoms with van der Waals surface area (Å²) in [5.41, 5.74) is 8.20. The van der Waals surface area contributed by atoms with E-state index in [1.165, 1.54) is 11.9 Å². The van der Waals surface area contributed by atoms with Gasteiger partial charge in [0.15, 0.2) is 0 Å². The van der Waals surface area contributed by atoms with Gasteiger partial charge in [-0.3, -0.25) is 4.79 Å². The molecule has 0 bridgehead atoms. The highest BCUT2D eigenvalue weighted by Gasteiger charge is 2.25. The Morgan fingerprint density at radius 1 is 1.32 bits per heavy atom. The van der Waals surface area contributed by atoms with Crippen molar-refractivity contribution in [3.63, 3.8) is 0 Å². The van der Waals surface area contributed by atoms with Gasteiger partial charge in [0.05, 0.1) is 25.5 Å². The van der Waals surface area contributed by atoms with Gasteiger partial charge in [-0.05, 0) is 29.7 Å². The molecule has 4 rings (SSSR count). The third kappa shape index (κ3) is 2.91. The molecule has 1 aromatic carbocycles. The molecular formula is C18H18N4O2S. The molecule has 0 saturated carbocycles. The monoisotopic (exact) mass is 354 g/mol. The van der Waals surface area contributed by atoms with Gasteiger partial charge >= 0.3 is 0 Å². The number of nitrogens with zero attached hydrogens (tertiary/aromatic N) is 3. The number of nitrogens with two attached hydrogens (primary N) is 1. The third-order valence-corrected chi connectivity index (χ3v) is 5.66. The van der Waals surface area contributed by atoms with Gasteiger partial charge in [-0.25, -0.2) is 9.97 Å². The van der Waals surface area contributed by atoms with Crippen LogP contribution in [-0.4, -0.2) is 34.4 Å². The van der Waals surface area contributed by atoms with Crippen molar-refractivity contribution in [1.82, 2.24) is 14.9 Å². The molecule has 2 aromatic heterocycles. The molecule has 0 saturated heterocycles. The lowest BCUT2D eigenvalue weighted by molar-refractivity contribution is -0.131. The summed E-state index contributed by atoms with van der Waals surface area (Å²) in [4.78, 5) is 25.0. The minimum absolute atomic E-state index is 0.132. The molecule has 1 aliphatic heterocycles. The maximum Gasteiger partial charge on any atom is 0.227 e. The highest BCUT2D eigenvalue weighted by molar-refractivity contribution is 7.19. The number of fused-ring (bicyclic) bond motifs is 3. The number of benzene rings is 1. The Kier molecular flexibility index (Phi) is 4.01. The summed E-state index contributed by atoms with van der Waals surface area (Å²) < 4.78 is 5.15. The zero-order chi connectivity index (χ0) is 17.4. The summed E-state index contributed by atoms with van der Waals surface area (Å²) in [6, 6.07) is 7.62. The van der Waals surface area contributed by atoms with Crippen LogP contribution in [0.3, 0.4) is 0 Å². The van der Waals surface area contributed by atoms with E-state index in [1.54, 1.807) is 18.4 Å². The normalized spacial score (nSPS) is 13.7. The number of amides is 1. The van der Waals surface area contributed by atoms with Crippen LogP contribution in [0.2, 0.25) is 0 Å². The first-order valence-electron chi connectivity index (χ1n) is 8.07. The Hall–Kier alpha value is -2.67. The molecule has 7 heteroatoms. The van der Waals surface area contributed by atoms with E-state index in [9.17, 15) is 4.79 Å². The lowest BCUT2D eigenvalue weighted by atomic mass is 10.0. The Morgan fingerprint density at radius 2 is 2.12 bits per heavy atom. The van der Waals surface area contributed by atoms with Gasteiger partial charge in [0.2, 0.25) is 5.91 Å². The topological polar surface area (TPSA) is 81.3 Å². The number of thiophene rings is 1. The van der Waals surface area contributed by atoms with E-state index >= 15 is 0 Å². The summed E-state index contributed by atoms with van der Waals surface area (Å²) in [7, 11) is 1.63. The maximum absolute atomic E-state index is 12.7. The molecule has 0 atom stereocenters. The van der Waals surface area contributed by atoms with Crippen LogP contribution in [0.4, 0.5) is 5.82 Å². The quantitative estimate of drug-likeness (QED) is 0.781. The van der Waals surface area contributed by atoms with E-state index in [-0.39, 0.29) is 5.91 Å². The molecule has 3 heterocycles. The number of anilines is 1. The van der Waals surface area contributed by atoms with Crippen LogP contribution in [0.25, 0.3) is 10.2 Å². The molecule has 2 N–H and O–H groups in total. The zero-order valence-electron chi connectivity index (χ0n) is 13.9. The van der Waals surface area contributed by atoms with Crippen molar-refractivity contribution in [2.24, 2.45) is 0 Å². The number of carbonyl (C=O) groups is 1. The molecule has 3 aromatic rings. The van der Waals surface area contributed by atoms with Gasteiger partial charge in [-0.15, -0.1) is 11.3 Å². The summed E-state index contributed by atoms with van der Waals surface area (Å²) in [6.45, 7) is 1.31. The lowest BCUT2D eigenvalue weighted by Gasteiger charge is -2.27. The van der Waals surface area contributed by atoms with Crippen molar-refractivity contribution < 1.29 is 9.53 Å². The van der Waals surface area contributed by atoms with Crippen molar-refractivity contribution in [3.05, 3.63) is 46.6 Å². The molecule has 1 aliphatic rings. The second-order valence-electron chi connectivity index (χ2n) is 6.03. The molecule has 0 aliphatic carbocycles. The molecule has 25 heavy (non-hydrogen) atoms. The fraction of sp³-hybridized carbons (Fsp3) is 0.278. The Labute approximate surface area is 149 Å². The first-order valence-corrected chi connectivity index (χ1v) is 8.89. The van der Waals surface area contributed by atoms with Crippen molar-refractivity contribution in [1.29, 1.82) is 0 Å². The highest BCUT2D eigenvalue weighted by Crippen LogP contribution is 2.36. The average molecular weight is 354 g/mol. The first kappa shape index (κ1) is 15.8. The SMILES string of the molecule is COc1ccc(CC(=O)N2CCc3c(sc4ncnc(N)c34)C2)cc1. The van der Waals surface area contributed by atoms with Crippen molar-refractivity contribution in [2.45, 2.75) is 19.4 Å². The zero-order valence-corrected chi connectivity index (χ0v) is 14.7. The van der Waals surface area contributed by atoms with E-state index in [0.29, 0.717) is 25.3 Å². The van der Waals surface area contributed by atoms with Gasteiger partial charge in [-0.1, -0.05) is 12.1 Å². The smallest absolute Gasteiger partial charge is 0.227 e. The summed E-state index contributed by atoms with van der Waals surface area (Å²) >= 11 is 1.60. The van der Waals surface area contributed by atoms with Gasteiger partial charge in [0, 0.05) is 11.4 Å². The minimum Gasteiger partial charge on any atom is -0.497 e. The Morgan fingerprint density at radius 3 is 2.88 bits per heavy atom. The molecule has 0 radical (unpaired) electrons. The lowest BCUT2D eigenvalue weighted by Crippen LogP contribution is -2.36. The first-order chi connectivity index (χ1) is 12.2. The molecule has 0 fully saturated rings. The Bertz CT molecular complexity index is 936. The second-order valence-corrected chi connectivity index (χ2v) is 7.12. The predicted molar refractivity (Wildman–Crippen MR) is 97.6 cm³/mol.